The van der Waals surface area contributed by atoms with Crippen molar-refractivity contribution in [2.75, 3.05) is 19.6 Å². The molecule has 0 saturated heterocycles. The van der Waals surface area contributed by atoms with Gasteiger partial charge in [0, 0.05) is 13.1 Å². The van der Waals surface area contributed by atoms with Gasteiger partial charge in [-0.05, 0) is 64.4 Å². The van der Waals surface area contributed by atoms with Crippen LogP contribution in [0, 0.1) is 11.3 Å². The van der Waals surface area contributed by atoms with Gasteiger partial charge in [-0.25, -0.2) is 4.79 Å². The van der Waals surface area contributed by atoms with Gasteiger partial charge in [-0.15, -0.1) is 0 Å². The topological polar surface area (TPSA) is 65.4 Å². The number of hydrogen-bond acceptors (Lipinski definition) is 4. The summed E-state index contributed by atoms with van der Waals surface area (Å²) in [7, 11) is 0. The van der Waals surface area contributed by atoms with Crippen LogP contribution in [0.5, 0.6) is 0 Å². The molecule has 1 rings (SSSR count). The van der Waals surface area contributed by atoms with Gasteiger partial charge in [0.1, 0.15) is 5.60 Å². The van der Waals surface area contributed by atoms with Gasteiger partial charge in [0.05, 0.1) is 11.6 Å². The second-order valence-corrected chi connectivity index (χ2v) is 7.17. The third-order valence-electron chi connectivity index (χ3n) is 3.76. The number of amides is 1. The summed E-state index contributed by atoms with van der Waals surface area (Å²) in [5, 5.41) is 11.6. The van der Waals surface area contributed by atoms with E-state index in [9.17, 15) is 4.79 Å². The van der Waals surface area contributed by atoms with Crippen LogP contribution >= 0.6 is 0 Å². The summed E-state index contributed by atoms with van der Waals surface area (Å²) in [6.07, 6.45) is 2.77. The molecule has 25 heavy (non-hydrogen) atoms. The fraction of sp³-hybridized carbons (Fsp3) is 0.600. The third-order valence-corrected chi connectivity index (χ3v) is 3.76. The molecule has 5 heteroatoms. The molecule has 1 amide bonds. The zero-order chi connectivity index (χ0) is 18.7. The Kier molecular flexibility index (Phi) is 9.01. The Morgan fingerprint density at radius 1 is 1.20 bits per heavy atom. The highest BCUT2D eigenvalue weighted by atomic mass is 16.6. The molecule has 0 heterocycles. The Balaban J connectivity index is 2.18. The van der Waals surface area contributed by atoms with Crippen molar-refractivity contribution in [2.24, 2.45) is 0 Å². The summed E-state index contributed by atoms with van der Waals surface area (Å²) in [4.78, 5) is 13.9. The minimum Gasteiger partial charge on any atom is -0.444 e. The molecule has 0 saturated carbocycles. The number of ether oxygens (including phenoxy) is 1. The predicted molar refractivity (Wildman–Crippen MR) is 100 cm³/mol. The standard InChI is InChI=1S/C20H31N3O2/c1-5-23(16-18-11-9-17(15-21)10-12-18)14-8-6-7-13-22-19(24)25-20(2,3)4/h9-12H,5-8,13-14,16H2,1-4H3,(H,22,24). The molecule has 0 aromatic heterocycles. The lowest BCUT2D eigenvalue weighted by molar-refractivity contribution is 0.0527. The van der Waals surface area contributed by atoms with Gasteiger partial charge in [-0.1, -0.05) is 25.5 Å². The number of alkyl carbamates (subject to hydrolysis) is 1. The van der Waals surface area contributed by atoms with Gasteiger partial charge in [0.15, 0.2) is 0 Å². The van der Waals surface area contributed by atoms with E-state index in [1.807, 2.05) is 45.0 Å². The van der Waals surface area contributed by atoms with E-state index in [-0.39, 0.29) is 6.09 Å². The van der Waals surface area contributed by atoms with Gasteiger partial charge < -0.3 is 10.1 Å². The highest BCUT2D eigenvalue weighted by molar-refractivity contribution is 5.67. The van der Waals surface area contributed by atoms with Crippen molar-refractivity contribution in [2.45, 2.75) is 59.1 Å². The van der Waals surface area contributed by atoms with Crippen molar-refractivity contribution in [3.05, 3.63) is 35.4 Å². The van der Waals surface area contributed by atoms with Crippen LogP contribution in [-0.2, 0) is 11.3 Å². The molecule has 0 aliphatic heterocycles. The molecule has 138 valence electrons. The van der Waals surface area contributed by atoms with E-state index in [0.29, 0.717) is 12.1 Å². The SMILES string of the molecule is CCN(CCCCCNC(=O)OC(C)(C)C)Cc1ccc(C#N)cc1. The summed E-state index contributed by atoms with van der Waals surface area (Å²) in [6, 6.07) is 9.92. The first kappa shape index (κ1) is 21.0. The second kappa shape index (κ2) is 10.7. The summed E-state index contributed by atoms with van der Waals surface area (Å²) < 4.78 is 5.20. The fourth-order valence-corrected chi connectivity index (χ4v) is 2.43. The lowest BCUT2D eigenvalue weighted by atomic mass is 10.1. The van der Waals surface area contributed by atoms with Crippen molar-refractivity contribution in [1.29, 1.82) is 5.26 Å². The lowest BCUT2D eigenvalue weighted by Gasteiger charge is -2.21. The molecule has 0 aliphatic rings. The summed E-state index contributed by atoms with van der Waals surface area (Å²) in [6.45, 7) is 11.3. The molecule has 1 aromatic carbocycles. The zero-order valence-corrected chi connectivity index (χ0v) is 16.0. The Morgan fingerprint density at radius 3 is 2.44 bits per heavy atom. The molecule has 0 aliphatic carbocycles. The van der Waals surface area contributed by atoms with E-state index in [2.05, 4.69) is 23.2 Å². The first-order valence-corrected chi connectivity index (χ1v) is 9.02. The summed E-state index contributed by atoms with van der Waals surface area (Å²) >= 11 is 0. The van der Waals surface area contributed by atoms with Gasteiger partial charge in [0.2, 0.25) is 0 Å². The van der Waals surface area contributed by atoms with Crippen LogP contribution in [-0.4, -0.2) is 36.2 Å². The Morgan fingerprint density at radius 2 is 1.88 bits per heavy atom. The number of nitrogens with one attached hydrogen (secondary N) is 1. The zero-order valence-electron chi connectivity index (χ0n) is 16.0. The molecular weight excluding hydrogens is 314 g/mol. The number of rotatable bonds is 9. The van der Waals surface area contributed by atoms with Crippen LogP contribution in [0.15, 0.2) is 24.3 Å². The molecule has 0 atom stereocenters. The van der Waals surface area contributed by atoms with Crippen molar-refractivity contribution in [3.8, 4) is 6.07 Å². The van der Waals surface area contributed by atoms with Crippen molar-refractivity contribution >= 4 is 6.09 Å². The number of nitrogens with zero attached hydrogens (tertiary/aromatic N) is 2. The first-order chi connectivity index (χ1) is 11.8. The monoisotopic (exact) mass is 345 g/mol. The summed E-state index contributed by atoms with van der Waals surface area (Å²) in [5.41, 5.74) is 1.48. The Bertz CT molecular complexity index is 556. The van der Waals surface area contributed by atoms with Gasteiger partial charge in [-0.2, -0.15) is 5.26 Å². The first-order valence-electron chi connectivity index (χ1n) is 9.02. The van der Waals surface area contributed by atoms with Gasteiger partial charge in [-0.3, -0.25) is 4.90 Å². The van der Waals surface area contributed by atoms with E-state index < -0.39 is 5.60 Å². The fourth-order valence-electron chi connectivity index (χ4n) is 2.43. The molecule has 0 radical (unpaired) electrons. The molecule has 1 aromatic rings. The number of benzene rings is 1. The second-order valence-electron chi connectivity index (χ2n) is 7.17. The molecule has 0 fully saturated rings. The van der Waals surface area contributed by atoms with Crippen molar-refractivity contribution < 1.29 is 9.53 Å². The maximum absolute atomic E-state index is 11.5. The van der Waals surface area contributed by atoms with E-state index in [1.165, 1.54) is 5.56 Å². The largest absolute Gasteiger partial charge is 0.444 e. The minimum atomic E-state index is -0.447. The quantitative estimate of drug-likeness (QED) is 0.685. The minimum absolute atomic E-state index is 0.344. The molecule has 5 nitrogen and oxygen atoms in total. The number of carbonyl (C=O) groups is 1. The van der Waals surface area contributed by atoms with Gasteiger partial charge in [0.25, 0.3) is 0 Å². The molecule has 0 bridgehead atoms. The van der Waals surface area contributed by atoms with E-state index in [4.69, 9.17) is 10.00 Å². The van der Waals surface area contributed by atoms with E-state index in [1.54, 1.807) is 0 Å². The van der Waals surface area contributed by atoms with Crippen LogP contribution < -0.4 is 5.32 Å². The van der Waals surface area contributed by atoms with Crippen molar-refractivity contribution in [3.63, 3.8) is 0 Å². The molecule has 1 N–H and O–H groups in total. The molecular formula is C20H31N3O2. The summed E-state index contributed by atoms with van der Waals surface area (Å²) in [5.74, 6) is 0. The lowest BCUT2D eigenvalue weighted by Crippen LogP contribution is -2.33. The number of carbonyl (C=O) groups excluding carboxylic acids is 1. The Labute approximate surface area is 152 Å². The van der Waals surface area contributed by atoms with E-state index >= 15 is 0 Å². The average molecular weight is 345 g/mol. The van der Waals surface area contributed by atoms with E-state index in [0.717, 1.165) is 38.9 Å². The predicted octanol–water partition coefficient (Wildman–Crippen LogP) is 4.08. The van der Waals surface area contributed by atoms with Gasteiger partial charge >= 0.3 is 6.09 Å². The highest BCUT2D eigenvalue weighted by Crippen LogP contribution is 2.09. The number of unbranched alkanes of at least 4 members (excludes halogenated alkanes) is 2. The number of nitriles is 1. The maximum Gasteiger partial charge on any atom is 0.407 e. The average Bonchev–Trinajstić information content (AvgIpc) is 2.55. The van der Waals surface area contributed by atoms with Crippen LogP contribution in [0.1, 0.15) is 58.1 Å². The van der Waals surface area contributed by atoms with Crippen LogP contribution in [0.4, 0.5) is 4.79 Å². The highest BCUT2D eigenvalue weighted by Gasteiger charge is 2.15. The number of hydrogen-bond donors (Lipinski definition) is 1. The van der Waals surface area contributed by atoms with Crippen LogP contribution in [0.25, 0.3) is 0 Å². The van der Waals surface area contributed by atoms with Crippen LogP contribution in [0.2, 0.25) is 0 Å². The normalized spacial score (nSPS) is 11.2. The van der Waals surface area contributed by atoms with Crippen molar-refractivity contribution in [1.82, 2.24) is 10.2 Å². The maximum atomic E-state index is 11.5. The third kappa shape index (κ3) is 9.73. The molecule has 0 unspecified atom stereocenters. The Hall–Kier alpha value is -2.06. The molecule has 0 spiro atoms. The van der Waals surface area contributed by atoms with Crippen LogP contribution in [0.3, 0.4) is 0 Å². The smallest absolute Gasteiger partial charge is 0.407 e.